The molecule has 0 unspecified atom stereocenters. The van der Waals surface area contributed by atoms with Crippen molar-refractivity contribution in [1.82, 2.24) is 0 Å². The van der Waals surface area contributed by atoms with Gasteiger partial charge in [-0.2, -0.15) is 0 Å². The second-order valence-electron chi connectivity index (χ2n) is 5.27. The average Bonchev–Trinajstić information content (AvgIpc) is 2.69. The molecule has 0 aromatic carbocycles. The van der Waals surface area contributed by atoms with E-state index in [1.165, 1.54) is 18.8 Å². The van der Waals surface area contributed by atoms with Crippen molar-refractivity contribution in [1.29, 1.82) is 0 Å². The highest BCUT2D eigenvalue weighted by Crippen LogP contribution is 2.40. The summed E-state index contributed by atoms with van der Waals surface area (Å²) >= 11 is 0. The number of unbranched alkanes of at least 4 members (excludes halogenated alkanes) is 1. The first-order chi connectivity index (χ1) is 9.11. The summed E-state index contributed by atoms with van der Waals surface area (Å²) in [5.41, 5.74) is 1.29. The van der Waals surface area contributed by atoms with Gasteiger partial charge in [-0.1, -0.05) is 11.6 Å². The zero-order valence-electron chi connectivity index (χ0n) is 11.2. The van der Waals surface area contributed by atoms with Crippen LogP contribution in [0.15, 0.2) is 23.5 Å². The minimum Gasteiger partial charge on any atom is -0.512 e. The van der Waals surface area contributed by atoms with Crippen LogP contribution < -0.4 is 0 Å². The fourth-order valence-electron chi connectivity index (χ4n) is 2.88. The van der Waals surface area contributed by atoms with Gasteiger partial charge in [0.25, 0.3) is 0 Å². The van der Waals surface area contributed by atoms with Crippen molar-refractivity contribution >= 4 is 11.8 Å². The molecule has 0 saturated carbocycles. The number of hydrogen-bond acceptors (Lipinski definition) is 4. The van der Waals surface area contributed by atoms with Crippen LogP contribution in [0.1, 0.15) is 38.5 Å². The number of hydrogen-bond donors (Lipinski definition) is 1. The quantitative estimate of drug-likeness (QED) is 0.471. The van der Waals surface area contributed by atoms with Gasteiger partial charge in [0.1, 0.15) is 0 Å². The molecular formula is C15H20O4. The van der Waals surface area contributed by atoms with E-state index in [1.807, 2.05) is 0 Å². The van der Waals surface area contributed by atoms with Crippen molar-refractivity contribution < 1.29 is 19.4 Å². The molecule has 0 amide bonds. The van der Waals surface area contributed by atoms with Crippen molar-refractivity contribution in [2.24, 2.45) is 11.8 Å². The first kappa shape index (κ1) is 13.8. The number of methoxy groups -OCH3 is 1. The van der Waals surface area contributed by atoms with E-state index in [4.69, 9.17) is 0 Å². The average molecular weight is 264 g/mol. The maximum absolute atomic E-state index is 11.6. The van der Waals surface area contributed by atoms with Crippen molar-refractivity contribution in [3.8, 4) is 0 Å². The highest BCUT2D eigenvalue weighted by atomic mass is 16.5. The van der Waals surface area contributed by atoms with Crippen LogP contribution in [-0.4, -0.2) is 24.0 Å². The van der Waals surface area contributed by atoms with Crippen molar-refractivity contribution in [3.63, 3.8) is 0 Å². The Morgan fingerprint density at radius 2 is 2.21 bits per heavy atom. The zero-order valence-corrected chi connectivity index (χ0v) is 11.2. The van der Waals surface area contributed by atoms with E-state index < -0.39 is 0 Å². The highest BCUT2D eigenvalue weighted by molar-refractivity contribution is 5.95. The molecular weight excluding hydrogens is 244 g/mol. The predicted octanol–water partition coefficient (Wildman–Crippen LogP) is 2.70. The number of carbonyl (C=O) groups is 2. The summed E-state index contributed by atoms with van der Waals surface area (Å²) in [6, 6.07) is 0. The number of aliphatic hydroxyl groups is 1. The summed E-state index contributed by atoms with van der Waals surface area (Å²) in [4.78, 5) is 22.6. The first-order valence-electron chi connectivity index (χ1n) is 6.81. The van der Waals surface area contributed by atoms with Gasteiger partial charge < -0.3 is 9.84 Å². The van der Waals surface area contributed by atoms with E-state index in [-0.39, 0.29) is 29.3 Å². The minimum absolute atomic E-state index is 0.00638. The normalized spacial score (nSPS) is 25.6. The molecule has 0 saturated heterocycles. The van der Waals surface area contributed by atoms with E-state index in [0.29, 0.717) is 6.42 Å². The Morgan fingerprint density at radius 1 is 1.42 bits per heavy atom. The number of esters is 1. The molecule has 0 radical (unpaired) electrons. The topological polar surface area (TPSA) is 63.6 Å². The molecule has 0 spiro atoms. The SMILES string of the molecule is COC(=O)CCCCC1=CC[C@@H]2C(=O)C=C(O)[C@H]2C1. The summed E-state index contributed by atoms with van der Waals surface area (Å²) in [6.45, 7) is 0. The van der Waals surface area contributed by atoms with E-state index >= 15 is 0 Å². The van der Waals surface area contributed by atoms with Crippen LogP contribution >= 0.6 is 0 Å². The van der Waals surface area contributed by atoms with Crippen LogP contribution in [0.5, 0.6) is 0 Å². The Morgan fingerprint density at radius 3 is 2.95 bits per heavy atom. The number of rotatable bonds is 5. The Hall–Kier alpha value is -1.58. The fourth-order valence-corrected chi connectivity index (χ4v) is 2.88. The third-order valence-electron chi connectivity index (χ3n) is 4.02. The number of aliphatic hydroxyl groups excluding tert-OH is 1. The van der Waals surface area contributed by atoms with Gasteiger partial charge in [0, 0.05) is 24.3 Å². The first-order valence-corrected chi connectivity index (χ1v) is 6.81. The van der Waals surface area contributed by atoms with Gasteiger partial charge >= 0.3 is 5.97 Å². The lowest BCUT2D eigenvalue weighted by atomic mass is 9.79. The van der Waals surface area contributed by atoms with E-state index in [2.05, 4.69) is 10.8 Å². The molecule has 0 heterocycles. The molecule has 0 bridgehead atoms. The lowest BCUT2D eigenvalue weighted by molar-refractivity contribution is -0.140. The molecule has 0 fully saturated rings. The molecule has 2 rings (SSSR count). The van der Waals surface area contributed by atoms with Crippen molar-refractivity contribution in [3.05, 3.63) is 23.5 Å². The molecule has 19 heavy (non-hydrogen) atoms. The molecule has 0 aliphatic heterocycles. The third-order valence-corrected chi connectivity index (χ3v) is 4.02. The molecule has 2 aliphatic rings. The number of ketones is 1. The number of ether oxygens (including phenoxy) is 1. The molecule has 104 valence electrons. The van der Waals surface area contributed by atoms with Gasteiger partial charge in [-0.15, -0.1) is 0 Å². The van der Waals surface area contributed by atoms with E-state index in [0.717, 1.165) is 32.1 Å². The number of carbonyl (C=O) groups excluding carboxylic acids is 2. The summed E-state index contributed by atoms with van der Waals surface area (Å²) in [5, 5.41) is 9.74. The van der Waals surface area contributed by atoms with Gasteiger partial charge in [0.15, 0.2) is 5.78 Å². The van der Waals surface area contributed by atoms with E-state index in [1.54, 1.807) is 0 Å². The van der Waals surface area contributed by atoms with Crippen LogP contribution in [0.2, 0.25) is 0 Å². The molecule has 0 aromatic heterocycles. The molecule has 2 atom stereocenters. The molecule has 2 aliphatic carbocycles. The van der Waals surface area contributed by atoms with Gasteiger partial charge in [0.2, 0.25) is 0 Å². The standard InChI is InChI=1S/C15H20O4/c1-19-15(18)5-3-2-4-10-6-7-11-12(8-10)14(17)9-13(11)16/h6,9,11-12,17H,2-5,7-8H2,1H3/t11-,12-/m0/s1. The van der Waals surface area contributed by atoms with E-state index in [9.17, 15) is 14.7 Å². The summed E-state index contributed by atoms with van der Waals surface area (Å²) in [6.07, 6.45) is 8.16. The Bertz CT molecular complexity index is 433. The van der Waals surface area contributed by atoms with Gasteiger partial charge in [-0.05, 0) is 32.1 Å². The van der Waals surface area contributed by atoms with Gasteiger partial charge in [-0.3, -0.25) is 9.59 Å². The summed E-state index contributed by atoms with van der Waals surface area (Å²) < 4.78 is 4.59. The van der Waals surface area contributed by atoms with Crippen LogP contribution in [-0.2, 0) is 14.3 Å². The number of fused-ring (bicyclic) bond motifs is 1. The predicted molar refractivity (Wildman–Crippen MR) is 70.5 cm³/mol. The van der Waals surface area contributed by atoms with Crippen molar-refractivity contribution in [2.75, 3.05) is 7.11 Å². The molecule has 4 nitrogen and oxygen atoms in total. The smallest absolute Gasteiger partial charge is 0.305 e. The summed E-state index contributed by atoms with van der Waals surface area (Å²) in [5.74, 6) is 0.0882. The largest absolute Gasteiger partial charge is 0.512 e. The number of allylic oxidation sites excluding steroid dienone is 4. The monoisotopic (exact) mass is 264 g/mol. The lowest BCUT2D eigenvalue weighted by Gasteiger charge is -2.25. The second kappa shape index (κ2) is 6.04. The van der Waals surface area contributed by atoms with Crippen LogP contribution in [0.25, 0.3) is 0 Å². The van der Waals surface area contributed by atoms with Crippen LogP contribution in [0.3, 0.4) is 0 Å². The van der Waals surface area contributed by atoms with Gasteiger partial charge in [-0.25, -0.2) is 0 Å². The summed E-state index contributed by atoms with van der Waals surface area (Å²) in [7, 11) is 1.40. The van der Waals surface area contributed by atoms with Gasteiger partial charge in [0.05, 0.1) is 12.9 Å². The zero-order chi connectivity index (χ0) is 13.8. The molecule has 0 aromatic rings. The second-order valence-corrected chi connectivity index (χ2v) is 5.27. The Balaban J connectivity index is 1.77. The lowest BCUT2D eigenvalue weighted by Crippen LogP contribution is -2.21. The minimum atomic E-state index is -0.167. The Labute approximate surface area is 113 Å². The van der Waals surface area contributed by atoms with Crippen molar-refractivity contribution in [2.45, 2.75) is 38.5 Å². The fraction of sp³-hybridized carbons (Fsp3) is 0.600. The highest BCUT2D eigenvalue weighted by Gasteiger charge is 2.37. The maximum Gasteiger partial charge on any atom is 0.305 e. The van der Waals surface area contributed by atoms with Crippen LogP contribution in [0.4, 0.5) is 0 Å². The maximum atomic E-state index is 11.6. The van der Waals surface area contributed by atoms with Crippen LogP contribution in [0, 0.1) is 11.8 Å². The molecule has 1 N–H and O–H groups in total. The third kappa shape index (κ3) is 3.25. The molecule has 4 heteroatoms. The Kier molecular flexibility index (Phi) is 4.40.